The van der Waals surface area contributed by atoms with E-state index in [-0.39, 0.29) is 6.42 Å². The highest BCUT2D eigenvalue weighted by Crippen LogP contribution is 2.56. The van der Waals surface area contributed by atoms with Crippen LogP contribution in [0.2, 0.25) is 0 Å². The molecule has 3 N–H and O–H groups in total. The molecule has 1 atom stereocenters. The summed E-state index contributed by atoms with van der Waals surface area (Å²) >= 11 is 0. The molecule has 2 aromatic rings. The van der Waals surface area contributed by atoms with Crippen molar-refractivity contribution in [2.24, 2.45) is 0 Å². The zero-order chi connectivity index (χ0) is 10.6. The van der Waals surface area contributed by atoms with Gasteiger partial charge in [0.15, 0.2) is 5.65 Å². The van der Waals surface area contributed by atoms with E-state index in [2.05, 4.69) is 15.2 Å². The summed E-state index contributed by atoms with van der Waals surface area (Å²) in [6, 6.07) is 1.62. The number of aromatic amines is 1. The number of hydrogen-bond acceptors (Lipinski definition) is 3. The highest BCUT2D eigenvalue weighted by atomic mass is 19.3. The Kier molecular flexibility index (Phi) is 1.40. The van der Waals surface area contributed by atoms with E-state index in [1.807, 2.05) is 0 Å². The lowest BCUT2D eigenvalue weighted by Gasteiger charge is -1.95. The van der Waals surface area contributed by atoms with Crippen molar-refractivity contribution in [2.45, 2.75) is 18.3 Å². The van der Waals surface area contributed by atoms with Crippen LogP contribution in [0.5, 0.6) is 0 Å². The maximum atomic E-state index is 12.9. The van der Waals surface area contributed by atoms with Crippen molar-refractivity contribution in [1.82, 2.24) is 15.2 Å². The fourth-order valence-corrected chi connectivity index (χ4v) is 1.71. The van der Waals surface area contributed by atoms with Crippen LogP contribution in [-0.4, -0.2) is 21.1 Å². The molecule has 15 heavy (non-hydrogen) atoms. The molecule has 0 radical (unpaired) electrons. The maximum absolute atomic E-state index is 12.9. The Hall–Kier alpha value is -1.72. The third kappa shape index (κ3) is 1.17. The summed E-state index contributed by atoms with van der Waals surface area (Å²) in [4.78, 5) is 3.97. The third-order valence-electron chi connectivity index (χ3n) is 2.62. The summed E-state index contributed by atoms with van der Waals surface area (Å²) in [7, 11) is 0. The Bertz CT molecular complexity index is 534. The number of anilines is 1. The highest BCUT2D eigenvalue weighted by Gasteiger charge is 2.59. The number of pyridine rings is 1. The van der Waals surface area contributed by atoms with Crippen LogP contribution < -0.4 is 5.73 Å². The average Bonchev–Trinajstić information content (AvgIpc) is 2.64. The number of hydrogen-bond donors (Lipinski definition) is 2. The van der Waals surface area contributed by atoms with E-state index < -0.39 is 11.8 Å². The normalized spacial score (nSPS) is 23.2. The molecule has 1 aliphatic rings. The Morgan fingerprint density at radius 2 is 2.27 bits per heavy atom. The van der Waals surface area contributed by atoms with E-state index in [0.29, 0.717) is 22.4 Å². The molecular formula is C9H8F2N4. The van der Waals surface area contributed by atoms with Gasteiger partial charge in [-0.05, 0) is 6.07 Å². The molecule has 1 fully saturated rings. The molecule has 2 aromatic heterocycles. The average molecular weight is 210 g/mol. The van der Waals surface area contributed by atoms with Gasteiger partial charge in [-0.15, -0.1) is 0 Å². The molecule has 0 saturated heterocycles. The van der Waals surface area contributed by atoms with E-state index >= 15 is 0 Å². The minimum Gasteiger partial charge on any atom is -0.397 e. The van der Waals surface area contributed by atoms with Gasteiger partial charge in [-0.25, -0.2) is 13.8 Å². The number of nitrogens with two attached hydrogens (primary N) is 1. The number of rotatable bonds is 1. The van der Waals surface area contributed by atoms with Gasteiger partial charge in [-0.3, -0.25) is 5.10 Å². The van der Waals surface area contributed by atoms with Crippen molar-refractivity contribution in [1.29, 1.82) is 0 Å². The number of aromatic nitrogens is 3. The van der Waals surface area contributed by atoms with Crippen molar-refractivity contribution in [3.05, 3.63) is 18.0 Å². The van der Waals surface area contributed by atoms with E-state index in [1.165, 1.54) is 6.20 Å². The molecule has 1 aliphatic carbocycles. The van der Waals surface area contributed by atoms with Crippen LogP contribution in [0.4, 0.5) is 14.5 Å². The van der Waals surface area contributed by atoms with E-state index in [1.54, 1.807) is 6.07 Å². The van der Waals surface area contributed by atoms with E-state index in [4.69, 9.17) is 5.73 Å². The number of nitrogens with one attached hydrogen (secondary N) is 1. The van der Waals surface area contributed by atoms with Crippen LogP contribution in [0, 0.1) is 0 Å². The minimum absolute atomic E-state index is 0.137. The fraction of sp³-hybridized carbons (Fsp3) is 0.333. The van der Waals surface area contributed by atoms with Gasteiger partial charge in [0.2, 0.25) is 0 Å². The van der Waals surface area contributed by atoms with Gasteiger partial charge in [0.25, 0.3) is 5.92 Å². The van der Waals surface area contributed by atoms with Crippen LogP contribution >= 0.6 is 0 Å². The van der Waals surface area contributed by atoms with Gasteiger partial charge in [-0.1, -0.05) is 0 Å². The molecule has 0 bridgehead atoms. The molecular weight excluding hydrogens is 202 g/mol. The Morgan fingerprint density at radius 1 is 1.53 bits per heavy atom. The zero-order valence-corrected chi connectivity index (χ0v) is 7.67. The van der Waals surface area contributed by atoms with Gasteiger partial charge in [0.1, 0.15) is 0 Å². The van der Waals surface area contributed by atoms with Crippen molar-refractivity contribution in [3.63, 3.8) is 0 Å². The van der Waals surface area contributed by atoms with Gasteiger partial charge < -0.3 is 5.73 Å². The first kappa shape index (κ1) is 8.58. The van der Waals surface area contributed by atoms with Gasteiger partial charge in [0.05, 0.1) is 23.5 Å². The van der Waals surface area contributed by atoms with Crippen LogP contribution in [0.25, 0.3) is 11.0 Å². The summed E-state index contributed by atoms with van der Waals surface area (Å²) < 4.78 is 25.8. The first-order chi connectivity index (χ1) is 7.08. The predicted octanol–water partition coefficient (Wildman–Crippen LogP) is 1.66. The summed E-state index contributed by atoms with van der Waals surface area (Å²) in [5.41, 5.74) is 6.87. The van der Waals surface area contributed by atoms with Crippen molar-refractivity contribution < 1.29 is 8.78 Å². The first-order valence-electron chi connectivity index (χ1n) is 4.55. The number of fused-ring (bicyclic) bond motifs is 1. The molecule has 0 unspecified atom stereocenters. The molecule has 78 valence electrons. The number of alkyl halides is 2. The van der Waals surface area contributed by atoms with Crippen molar-refractivity contribution >= 4 is 16.7 Å². The molecule has 3 rings (SSSR count). The van der Waals surface area contributed by atoms with Crippen LogP contribution in [0.15, 0.2) is 12.3 Å². The Morgan fingerprint density at radius 3 is 2.93 bits per heavy atom. The molecule has 2 heterocycles. The number of nitrogens with zero attached hydrogens (tertiary/aromatic N) is 2. The molecule has 0 aromatic carbocycles. The molecule has 0 amide bonds. The second-order valence-corrected chi connectivity index (χ2v) is 3.79. The zero-order valence-electron chi connectivity index (χ0n) is 7.67. The van der Waals surface area contributed by atoms with Gasteiger partial charge in [-0.2, -0.15) is 5.10 Å². The predicted molar refractivity (Wildman–Crippen MR) is 50.6 cm³/mol. The third-order valence-corrected chi connectivity index (χ3v) is 2.62. The van der Waals surface area contributed by atoms with Crippen molar-refractivity contribution in [3.8, 4) is 0 Å². The molecule has 6 heteroatoms. The molecule has 0 spiro atoms. The second-order valence-electron chi connectivity index (χ2n) is 3.79. The summed E-state index contributed by atoms with van der Waals surface area (Å²) in [5.74, 6) is -3.40. The minimum atomic E-state index is -2.62. The SMILES string of the molecule is Nc1cnc2[nH]nc([C@H]3CC3(F)F)c2c1. The number of H-pyrrole nitrogens is 1. The molecule has 1 saturated carbocycles. The smallest absolute Gasteiger partial charge is 0.257 e. The van der Waals surface area contributed by atoms with E-state index in [0.717, 1.165) is 0 Å². The van der Waals surface area contributed by atoms with Crippen molar-refractivity contribution in [2.75, 3.05) is 5.73 Å². The Balaban J connectivity index is 2.16. The topological polar surface area (TPSA) is 67.6 Å². The monoisotopic (exact) mass is 210 g/mol. The molecule has 4 nitrogen and oxygen atoms in total. The fourth-order valence-electron chi connectivity index (χ4n) is 1.71. The quantitative estimate of drug-likeness (QED) is 0.752. The molecule has 0 aliphatic heterocycles. The number of halogens is 2. The van der Waals surface area contributed by atoms with Crippen LogP contribution in [0.3, 0.4) is 0 Å². The highest BCUT2D eigenvalue weighted by molar-refractivity contribution is 5.81. The van der Waals surface area contributed by atoms with E-state index in [9.17, 15) is 8.78 Å². The largest absolute Gasteiger partial charge is 0.397 e. The van der Waals surface area contributed by atoms with Gasteiger partial charge >= 0.3 is 0 Å². The van der Waals surface area contributed by atoms with Crippen LogP contribution in [-0.2, 0) is 0 Å². The summed E-state index contributed by atoms with van der Waals surface area (Å²) in [5, 5.41) is 7.09. The standard InChI is InChI=1S/C9H8F2N4/c10-9(11)2-6(9)7-5-1-4(12)3-13-8(5)15-14-7/h1,3,6H,2,12H2,(H,13,14,15)/t6-/m1/s1. The summed E-state index contributed by atoms with van der Waals surface area (Å²) in [6.45, 7) is 0. The first-order valence-corrected chi connectivity index (χ1v) is 4.55. The summed E-state index contributed by atoms with van der Waals surface area (Å²) in [6.07, 6.45) is 1.33. The maximum Gasteiger partial charge on any atom is 0.257 e. The number of nitrogen functional groups attached to an aromatic ring is 1. The Labute approximate surface area is 83.5 Å². The van der Waals surface area contributed by atoms with Gasteiger partial charge in [0, 0.05) is 11.8 Å². The lowest BCUT2D eigenvalue weighted by atomic mass is 10.2. The second kappa shape index (κ2) is 2.44. The lowest BCUT2D eigenvalue weighted by Crippen LogP contribution is -1.94. The lowest BCUT2D eigenvalue weighted by molar-refractivity contribution is 0.111. The van der Waals surface area contributed by atoms with Crippen LogP contribution in [0.1, 0.15) is 18.0 Å².